The van der Waals surface area contributed by atoms with Crippen LogP contribution in [0.4, 0.5) is 0 Å². The van der Waals surface area contributed by atoms with E-state index in [-0.39, 0.29) is 12.1 Å². The van der Waals surface area contributed by atoms with Crippen LogP contribution in [0.5, 0.6) is 0 Å². The molecule has 1 amide bonds. The Bertz CT molecular complexity index is 1240. The molecule has 3 aromatic heterocycles. The third-order valence-electron chi connectivity index (χ3n) is 4.43. The molecule has 0 fully saturated rings. The molecule has 0 unspecified atom stereocenters. The van der Waals surface area contributed by atoms with Crippen molar-refractivity contribution in [1.29, 1.82) is 0 Å². The Hall–Kier alpha value is -3.74. The number of fused-ring (bicyclic) bond motifs is 1. The molecule has 0 radical (unpaired) electrons. The first-order chi connectivity index (χ1) is 13.5. The second-order valence-corrected chi connectivity index (χ2v) is 6.73. The fourth-order valence-electron chi connectivity index (χ4n) is 2.98. The zero-order valence-electron chi connectivity index (χ0n) is 15.6. The summed E-state index contributed by atoms with van der Waals surface area (Å²) in [6.07, 6.45) is 5.07. The number of aromatic nitrogens is 4. The predicted molar refractivity (Wildman–Crippen MR) is 106 cm³/mol. The Balaban J connectivity index is 1.50. The zero-order chi connectivity index (χ0) is 19.7. The number of hydrogen-bond acceptors (Lipinski definition) is 4. The molecular formula is C21H19N5O2. The molecule has 2 N–H and O–H groups in total. The summed E-state index contributed by atoms with van der Waals surface area (Å²) in [7, 11) is 0. The minimum absolute atomic E-state index is 0.0315. The summed E-state index contributed by atoms with van der Waals surface area (Å²) in [6.45, 7) is 4.18. The van der Waals surface area contributed by atoms with Gasteiger partial charge in [-0.15, -0.1) is 0 Å². The minimum Gasteiger partial charge on any atom is -0.346 e. The van der Waals surface area contributed by atoms with Crippen LogP contribution in [0, 0.1) is 13.8 Å². The molecule has 0 bridgehead atoms. The molecule has 7 heteroatoms. The second kappa shape index (κ2) is 7.11. The van der Waals surface area contributed by atoms with Crippen LogP contribution in [0.2, 0.25) is 0 Å². The van der Waals surface area contributed by atoms with Crippen LogP contribution in [0.1, 0.15) is 27.2 Å². The van der Waals surface area contributed by atoms with Gasteiger partial charge in [0.05, 0.1) is 12.2 Å². The van der Waals surface area contributed by atoms with E-state index in [0.29, 0.717) is 11.5 Å². The highest BCUT2D eigenvalue weighted by Gasteiger charge is 2.13. The molecule has 1 aromatic carbocycles. The van der Waals surface area contributed by atoms with Gasteiger partial charge in [-0.25, -0.2) is 9.97 Å². The topological polar surface area (TPSA) is 92.2 Å². The van der Waals surface area contributed by atoms with Gasteiger partial charge in [0, 0.05) is 24.2 Å². The molecule has 0 spiro atoms. The van der Waals surface area contributed by atoms with E-state index >= 15 is 0 Å². The van der Waals surface area contributed by atoms with Gasteiger partial charge in [-0.2, -0.15) is 0 Å². The van der Waals surface area contributed by atoms with Crippen LogP contribution >= 0.6 is 0 Å². The van der Waals surface area contributed by atoms with Crippen molar-refractivity contribution in [1.82, 2.24) is 24.7 Å². The summed E-state index contributed by atoms with van der Waals surface area (Å²) in [6, 6.07) is 11.6. The molecule has 0 aliphatic heterocycles. The molecule has 3 heterocycles. The van der Waals surface area contributed by atoms with Crippen LogP contribution < -0.4 is 10.9 Å². The summed E-state index contributed by atoms with van der Waals surface area (Å²) in [4.78, 5) is 36.1. The van der Waals surface area contributed by atoms with E-state index in [0.717, 1.165) is 22.3 Å². The Morgan fingerprint density at radius 1 is 1.18 bits per heavy atom. The quantitative estimate of drug-likeness (QED) is 0.575. The Morgan fingerprint density at radius 2 is 2.00 bits per heavy atom. The number of aromatic amines is 1. The van der Waals surface area contributed by atoms with E-state index in [9.17, 15) is 9.59 Å². The molecule has 0 atom stereocenters. The number of carbonyl (C=O) groups excluding carboxylic acids is 1. The van der Waals surface area contributed by atoms with Crippen molar-refractivity contribution in [3.63, 3.8) is 0 Å². The summed E-state index contributed by atoms with van der Waals surface area (Å²) in [5, 5.41) is 2.73. The highest BCUT2D eigenvalue weighted by atomic mass is 16.2. The predicted octanol–water partition coefficient (Wildman–Crippen LogP) is 2.63. The molecule has 0 aliphatic carbocycles. The van der Waals surface area contributed by atoms with Crippen molar-refractivity contribution >= 4 is 11.6 Å². The number of pyridine rings is 1. The first-order valence-corrected chi connectivity index (χ1v) is 8.88. The fraction of sp³-hybridized carbons (Fsp3) is 0.143. The molecule has 0 saturated carbocycles. The second-order valence-electron chi connectivity index (χ2n) is 6.73. The molecule has 140 valence electrons. The average molecular weight is 373 g/mol. The molecule has 7 nitrogen and oxygen atoms in total. The highest BCUT2D eigenvalue weighted by Crippen LogP contribution is 2.14. The van der Waals surface area contributed by atoms with E-state index < -0.39 is 11.5 Å². The number of amides is 1. The van der Waals surface area contributed by atoms with Gasteiger partial charge in [-0.1, -0.05) is 23.8 Å². The molecule has 0 aliphatic rings. The zero-order valence-corrected chi connectivity index (χ0v) is 15.6. The number of benzene rings is 1. The molecule has 4 rings (SSSR count). The lowest BCUT2D eigenvalue weighted by Gasteiger charge is -2.05. The lowest BCUT2D eigenvalue weighted by molar-refractivity contribution is 0.0948. The van der Waals surface area contributed by atoms with E-state index in [1.807, 2.05) is 67.0 Å². The maximum absolute atomic E-state index is 12.4. The summed E-state index contributed by atoms with van der Waals surface area (Å²) < 4.78 is 1.89. The number of carbonyl (C=O) groups is 1. The molecule has 4 aromatic rings. The van der Waals surface area contributed by atoms with Gasteiger partial charge < -0.3 is 14.7 Å². The summed E-state index contributed by atoms with van der Waals surface area (Å²) in [5.41, 5.74) is 3.98. The number of nitrogens with zero attached hydrogens (tertiary/aromatic N) is 3. The summed E-state index contributed by atoms with van der Waals surface area (Å²) >= 11 is 0. The van der Waals surface area contributed by atoms with Crippen molar-refractivity contribution in [3.05, 3.63) is 87.7 Å². The van der Waals surface area contributed by atoms with Gasteiger partial charge in [-0.3, -0.25) is 9.59 Å². The number of rotatable bonds is 4. The molecule has 28 heavy (non-hydrogen) atoms. The maximum Gasteiger partial charge on any atom is 0.264 e. The van der Waals surface area contributed by atoms with Gasteiger partial charge in [0.1, 0.15) is 17.0 Å². The number of hydrogen-bond donors (Lipinski definition) is 2. The van der Waals surface area contributed by atoms with Crippen LogP contribution in [0.3, 0.4) is 0 Å². The van der Waals surface area contributed by atoms with Crippen LogP contribution in [0.25, 0.3) is 17.0 Å². The van der Waals surface area contributed by atoms with Gasteiger partial charge in [-0.05, 0) is 37.6 Å². The largest absolute Gasteiger partial charge is 0.346 e. The standard InChI is InChI=1S/C21H19N5O2/c1-13-4-3-5-15(8-13)19-22-11-17(21(28)25-19)20(27)23-10-16-12-26-7-6-14(2)9-18(26)24-16/h3-9,11-12H,10H2,1-2H3,(H,23,27)(H,22,25,28). The van der Waals surface area contributed by atoms with Gasteiger partial charge in [0.15, 0.2) is 0 Å². The SMILES string of the molecule is Cc1cccc(-c2ncc(C(=O)NCc3cn4ccc(C)cc4n3)c(=O)[nH]2)c1. The van der Waals surface area contributed by atoms with E-state index in [4.69, 9.17) is 0 Å². The van der Waals surface area contributed by atoms with Crippen molar-refractivity contribution in [2.45, 2.75) is 20.4 Å². The molecule has 0 saturated heterocycles. The third-order valence-corrected chi connectivity index (χ3v) is 4.43. The first-order valence-electron chi connectivity index (χ1n) is 8.88. The van der Waals surface area contributed by atoms with Crippen LogP contribution in [-0.2, 0) is 6.54 Å². The summed E-state index contributed by atoms with van der Waals surface area (Å²) in [5.74, 6) is -0.0567. The number of aryl methyl sites for hydroxylation is 2. The van der Waals surface area contributed by atoms with Crippen LogP contribution in [-0.4, -0.2) is 25.3 Å². The monoisotopic (exact) mass is 373 g/mol. The normalized spacial score (nSPS) is 10.9. The van der Waals surface area contributed by atoms with Gasteiger partial charge in [0.2, 0.25) is 0 Å². The fourth-order valence-corrected chi connectivity index (χ4v) is 2.98. The maximum atomic E-state index is 12.4. The number of nitrogens with one attached hydrogen (secondary N) is 2. The van der Waals surface area contributed by atoms with Crippen molar-refractivity contribution < 1.29 is 4.79 Å². The van der Waals surface area contributed by atoms with Crippen molar-refractivity contribution in [2.75, 3.05) is 0 Å². The van der Waals surface area contributed by atoms with Crippen molar-refractivity contribution in [3.8, 4) is 11.4 Å². The molecular weight excluding hydrogens is 354 g/mol. The lowest BCUT2D eigenvalue weighted by Crippen LogP contribution is -2.29. The average Bonchev–Trinajstić information content (AvgIpc) is 3.08. The van der Waals surface area contributed by atoms with E-state index in [1.165, 1.54) is 6.20 Å². The van der Waals surface area contributed by atoms with Crippen LogP contribution in [0.15, 0.2) is 59.8 Å². The van der Waals surface area contributed by atoms with E-state index in [1.54, 1.807) is 0 Å². The number of imidazole rings is 1. The van der Waals surface area contributed by atoms with E-state index in [2.05, 4.69) is 20.3 Å². The van der Waals surface area contributed by atoms with Gasteiger partial charge in [0.25, 0.3) is 11.5 Å². The van der Waals surface area contributed by atoms with Gasteiger partial charge >= 0.3 is 0 Å². The van der Waals surface area contributed by atoms with Crippen molar-refractivity contribution in [2.24, 2.45) is 0 Å². The Kier molecular flexibility index (Phi) is 4.49. The lowest BCUT2D eigenvalue weighted by atomic mass is 10.1. The Labute approximate surface area is 161 Å². The Morgan fingerprint density at radius 3 is 2.79 bits per heavy atom. The minimum atomic E-state index is -0.488. The highest BCUT2D eigenvalue weighted by molar-refractivity contribution is 5.93. The first kappa shape index (κ1) is 17.7. The third kappa shape index (κ3) is 3.55. The number of H-pyrrole nitrogens is 1. The smallest absolute Gasteiger partial charge is 0.264 e.